The number of benzene rings is 2. The molecule has 0 aromatic heterocycles. The molecule has 0 fully saturated rings. The van der Waals surface area contributed by atoms with Crippen LogP contribution in [0.1, 0.15) is 11.1 Å². The van der Waals surface area contributed by atoms with E-state index in [1.807, 2.05) is 25.2 Å². The van der Waals surface area contributed by atoms with Gasteiger partial charge in [0.2, 0.25) is 0 Å². The third kappa shape index (κ3) is 2.66. The molecule has 0 unspecified atom stereocenters. The lowest BCUT2D eigenvalue weighted by molar-refractivity contribution is 0.413. The highest BCUT2D eigenvalue weighted by molar-refractivity contribution is 6.31. The molecule has 3 nitrogen and oxygen atoms in total. The van der Waals surface area contributed by atoms with Crippen LogP contribution >= 0.6 is 11.6 Å². The summed E-state index contributed by atoms with van der Waals surface area (Å²) in [5.41, 5.74) is 2.86. The number of rotatable bonds is 2. The van der Waals surface area contributed by atoms with Crippen molar-refractivity contribution in [2.24, 2.45) is 4.99 Å². The van der Waals surface area contributed by atoms with Crippen LogP contribution in [0.15, 0.2) is 41.4 Å². The van der Waals surface area contributed by atoms with E-state index in [1.54, 1.807) is 19.2 Å². The van der Waals surface area contributed by atoms with Crippen LogP contribution in [0, 0.1) is 5.82 Å². The van der Waals surface area contributed by atoms with Gasteiger partial charge in [0, 0.05) is 35.4 Å². The fourth-order valence-electron chi connectivity index (χ4n) is 2.59. The standard InChI is InChI=1S/C17H16ClFN2O/c1-21-8-7-20-17(14-9-11(18)3-6-16(14)21)13-10-12(22-2)4-5-15(13)19/h3-6,9-10H,7-8H2,1-2H3. The van der Waals surface area contributed by atoms with Crippen molar-refractivity contribution in [3.8, 4) is 5.75 Å². The quantitative estimate of drug-likeness (QED) is 0.842. The highest BCUT2D eigenvalue weighted by atomic mass is 35.5. The Bertz CT molecular complexity index is 745. The van der Waals surface area contributed by atoms with E-state index in [0.29, 0.717) is 28.6 Å². The molecule has 0 atom stereocenters. The molecule has 0 radical (unpaired) electrons. The van der Waals surface area contributed by atoms with E-state index in [9.17, 15) is 4.39 Å². The van der Waals surface area contributed by atoms with Crippen LogP contribution in [0.3, 0.4) is 0 Å². The van der Waals surface area contributed by atoms with Crippen molar-refractivity contribution in [1.82, 2.24) is 0 Å². The largest absolute Gasteiger partial charge is 0.497 e. The minimum absolute atomic E-state index is 0.324. The molecule has 0 spiro atoms. The number of nitrogens with zero attached hydrogens (tertiary/aromatic N) is 2. The fourth-order valence-corrected chi connectivity index (χ4v) is 2.76. The van der Waals surface area contributed by atoms with Gasteiger partial charge in [0.05, 0.1) is 19.4 Å². The van der Waals surface area contributed by atoms with Gasteiger partial charge in [-0.15, -0.1) is 0 Å². The van der Waals surface area contributed by atoms with Crippen molar-refractivity contribution in [2.45, 2.75) is 0 Å². The normalized spacial score (nSPS) is 14.2. The van der Waals surface area contributed by atoms with Gasteiger partial charge in [0.15, 0.2) is 0 Å². The molecular weight excluding hydrogens is 303 g/mol. The van der Waals surface area contributed by atoms with Crippen LogP contribution in [0.2, 0.25) is 5.02 Å². The van der Waals surface area contributed by atoms with Crippen LogP contribution in [0.5, 0.6) is 5.75 Å². The first-order valence-electron chi connectivity index (χ1n) is 6.99. The predicted octanol–water partition coefficient (Wildman–Crippen LogP) is 3.77. The van der Waals surface area contributed by atoms with E-state index in [4.69, 9.17) is 16.3 Å². The first kappa shape index (κ1) is 14.9. The van der Waals surface area contributed by atoms with E-state index >= 15 is 0 Å². The van der Waals surface area contributed by atoms with Crippen LogP contribution in [0.4, 0.5) is 10.1 Å². The lowest BCUT2D eigenvalue weighted by Crippen LogP contribution is -2.20. The van der Waals surface area contributed by atoms with Crippen molar-refractivity contribution in [2.75, 3.05) is 32.1 Å². The second-order valence-electron chi connectivity index (χ2n) is 5.16. The minimum atomic E-state index is -0.324. The summed E-state index contributed by atoms with van der Waals surface area (Å²) in [4.78, 5) is 6.68. The maximum atomic E-state index is 14.3. The number of benzodiazepines with no additional fused rings is 1. The maximum Gasteiger partial charge on any atom is 0.132 e. The molecule has 3 rings (SSSR count). The first-order chi connectivity index (χ1) is 10.6. The first-order valence-corrected chi connectivity index (χ1v) is 7.37. The van der Waals surface area contributed by atoms with Crippen molar-refractivity contribution < 1.29 is 9.13 Å². The summed E-state index contributed by atoms with van der Waals surface area (Å²) in [6, 6.07) is 10.3. The molecular formula is C17H16ClFN2O. The number of methoxy groups -OCH3 is 1. The summed E-state index contributed by atoms with van der Waals surface area (Å²) in [6.07, 6.45) is 0. The number of hydrogen-bond acceptors (Lipinski definition) is 3. The van der Waals surface area contributed by atoms with Crippen molar-refractivity contribution in [3.05, 3.63) is 58.4 Å². The molecule has 1 aliphatic rings. The van der Waals surface area contributed by atoms with Gasteiger partial charge >= 0.3 is 0 Å². The molecule has 0 saturated heterocycles. The number of halogens is 2. The monoisotopic (exact) mass is 318 g/mol. The van der Waals surface area contributed by atoms with E-state index in [2.05, 4.69) is 9.89 Å². The summed E-state index contributed by atoms with van der Waals surface area (Å²) >= 11 is 6.14. The number of likely N-dealkylation sites (N-methyl/N-ethyl adjacent to an activating group) is 1. The zero-order chi connectivity index (χ0) is 15.7. The average molecular weight is 319 g/mol. The molecule has 22 heavy (non-hydrogen) atoms. The topological polar surface area (TPSA) is 24.8 Å². The van der Waals surface area contributed by atoms with Gasteiger partial charge in [-0.05, 0) is 36.4 Å². The minimum Gasteiger partial charge on any atom is -0.497 e. The Morgan fingerprint density at radius 3 is 2.77 bits per heavy atom. The lowest BCUT2D eigenvalue weighted by atomic mass is 9.99. The second kappa shape index (κ2) is 5.97. The predicted molar refractivity (Wildman–Crippen MR) is 88.2 cm³/mol. The zero-order valence-electron chi connectivity index (χ0n) is 12.4. The Morgan fingerprint density at radius 2 is 2.00 bits per heavy atom. The number of aliphatic imine (C=N–C) groups is 1. The summed E-state index contributed by atoms with van der Waals surface area (Å²) in [6.45, 7) is 1.36. The third-order valence-corrected chi connectivity index (χ3v) is 3.99. The SMILES string of the molecule is COc1ccc(F)c(C2=NCCN(C)c3ccc(Cl)cc32)c1. The molecule has 0 N–H and O–H groups in total. The van der Waals surface area contributed by atoms with Gasteiger partial charge in [-0.3, -0.25) is 4.99 Å². The van der Waals surface area contributed by atoms with Crippen LogP contribution in [0.25, 0.3) is 0 Å². The Labute approximate surface area is 134 Å². The van der Waals surface area contributed by atoms with Gasteiger partial charge in [-0.2, -0.15) is 0 Å². The molecule has 114 valence electrons. The smallest absolute Gasteiger partial charge is 0.132 e. The molecule has 0 saturated carbocycles. The fraction of sp³-hybridized carbons (Fsp3) is 0.235. The van der Waals surface area contributed by atoms with E-state index < -0.39 is 0 Å². The van der Waals surface area contributed by atoms with Gasteiger partial charge in [0.25, 0.3) is 0 Å². The highest BCUT2D eigenvalue weighted by Gasteiger charge is 2.21. The van der Waals surface area contributed by atoms with E-state index in [-0.39, 0.29) is 5.82 Å². The molecule has 0 aliphatic carbocycles. The van der Waals surface area contributed by atoms with Crippen molar-refractivity contribution in [3.63, 3.8) is 0 Å². The summed E-state index contributed by atoms with van der Waals surface area (Å²) in [7, 11) is 3.55. The van der Waals surface area contributed by atoms with Crippen molar-refractivity contribution in [1.29, 1.82) is 0 Å². The van der Waals surface area contributed by atoms with Gasteiger partial charge in [-0.1, -0.05) is 11.6 Å². The Hall–Kier alpha value is -2.07. The summed E-state index contributed by atoms with van der Waals surface area (Å²) < 4.78 is 19.5. The molecule has 1 aliphatic heterocycles. The number of hydrogen-bond donors (Lipinski definition) is 0. The molecule has 0 bridgehead atoms. The number of anilines is 1. The molecule has 2 aromatic rings. The highest BCUT2D eigenvalue weighted by Crippen LogP contribution is 2.30. The van der Waals surface area contributed by atoms with Gasteiger partial charge in [0.1, 0.15) is 11.6 Å². The van der Waals surface area contributed by atoms with Gasteiger partial charge in [-0.25, -0.2) is 4.39 Å². The number of fused-ring (bicyclic) bond motifs is 1. The lowest BCUT2D eigenvalue weighted by Gasteiger charge is -2.19. The Balaban J connectivity index is 2.21. The van der Waals surface area contributed by atoms with E-state index in [1.165, 1.54) is 6.07 Å². The summed E-state index contributed by atoms with van der Waals surface area (Å²) in [5, 5.41) is 0.602. The average Bonchev–Trinajstić information content (AvgIpc) is 2.67. The number of ether oxygens (including phenoxy) is 1. The zero-order valence-corrected chi connectivity index (χ0v) is 13.2. The van der Waals surface area contributed by atoms with E-state index in [0.717, 1.165) is 17.8 Å². The Morgan fingerprint density at radius 1 is 1.18 bits per heavy atom. The van der Waals surface area contributed by atoms with Crippen LogP contribution in [-0.4, -0.2) is 33.0 Å². The Kier molecular flexibility index (Phi) is 4.03. The maximum absolute atomic E-state index is 14.3. The third-order valence-electron chi connectivity index (χ3n) is 3.76. The molecule has 2 aromatic carbocycles. The van der Waals surface area contributed by atoms with Crippen LogP contribution < -0.4 is 9.64 Å². The second-order valence-corrected chi connectivity index (χ2v) is 5.60. The molecule has 5 heteroatoms. The molecule has 0 amide bonds. The molecule has 1 heterocycles. The summed E-state index contributed by atoms with van der Waals surface area (Å²) in [5.74, 6) is 0.273. The van der Waals surface area contributed by atoms with Crippen molar-refractivity contribution >= 4 is 23.0 Å². The van der Waals surface area contributed by atoms with Crippen LogP contribution in [-0.2, 0) is 0 Å². The van der Waals surface area contributed by atoms with Gasteiger partial charge < -0.3 is 9.64 Å².